The zero-order valence-electron chi connectivity index (χ0n) is 14.6. The fraction of sp³-hybridized carbons (Fsp3) is 0.211. The van der Waals surface area contributed by atoms with Gasteiger partial charge in [-0.15, -0.1) is 0 Å². The highest BCUT2D eigenvalue weighted by Crippen LogP contribution is 2.16. The molecule has 2 aromatic carbocycles. The van der Waals surface area contributed by atoms with E-state index in [-0.39, 0.29) is 24.2 Å². The van der Waals surface area contributed by atoms with Crippen LogP contribution in [0, 0.1) is 0 Å². The lowest BCUT2D eigenvalue weighted by atomic mass is 10.3. The average Bonchev–Trinajstić information content (AvgIpc) is 3.18. The van der Waals surface area contributed by atoms with Crippen LogP contribution in [0.15, 0.2) is 53.3 Å². The Morgan fingerprint density at radius 2 is 1.85 bits per heavy atom. The van der Waals surface area contributed by atoms with E-state index in [1.54, 1.807) is 11.6 Å². The highest BCUT2D eigenvalue weighted by Gasteiger charge is 2.17. The van der Waals surface area contributed by atoms with Gasteiger partial charge in [0.25, 0.3) is 0 Å². The first-order valence-corrected chi connectivity index (χ1v) is 8.43. The number of imidazole rings is 2. The number of amides is 1. The number of H-pyrrole nitrogens is 1. The Labute approximate surface area is 149 Å². The number of nitrogens with zero attached hydrogens (tertiary/aromatic N) is 3. The molecule has 2 N–H and O–H groups in total. The molecular formula is C19H19N5O2. The van der Waals surface area contributed by atoms with Gasteiger partial charge in [0.15, 0.2) is 0 Å². The molecule has 0 fully saturated rings. The highest BCUT2D eigenvalue weighted by molar-refractivity contribution is 5.81. The number of nitrogens with one attached hydrogen (secondary N) is 2. The first-order valence-electron chi connectivity index (χ1n) is 8.43. The molecule has 0 saturated heterocycles. The van der Waals surface area contributed by atoms with Crippen LogP contribution in [0.2, 0.25) is 0 Å². The molecule has 26 heavy (non-hydrogen) atoms. The van der Waals surface area contributed by atoms with Gasteiger partial charge in [-0.2, -0.15) is 0 Å². The molecule has 2 heterocycles. The standard InChI is InChI=1S/C19H19N5O2/c1-12(18-21-13-7-3-4-8-14(13)22-18)20-17(25)11-24-16-10-6-5-9-15(16)23(2)19(24)26/h3-10,12H,11H2,1-2H3,(H,20,25)(H,21,22). The molecule has 132 valence electrons. The first kappa shape index (κ1) is 16.1. The van der Waals surface area contributed by atoms with Crippen molar-refractivity contribution in [3.8, 4) is 0 Å². The zero-order valence-corrected chi connectivity index (χ0v) is 14.6. The predicted octanol–water partition coefficient (Wildman–Crippen LogP) is 2.09. The maximum Gasteiger partial charge on any atom is 0.329 e. The lowest BCUT2D eigenvalue weighted by molar-refractivity contribution is -0.122. The van der Waals surface area contributed by atoms with Crippen molar-refractivity contribution in [2.45, 2.75) is 19.5 Å². The molecule has 0 spiro atoms. The molecule has 0 aliphatic rings. The Morgan fingerprint density at radius 1 is 1.15 bits per heavy atom. The van der Waals surface area contributed by atoms with Crippen molar-refractivity contribution in [1.29, 1.82) is 0 Å². The van der Waals surface area contributed by atoms with Crippen LogP contribution < -0.4 is 11.0 Å². The van der Waals surface area contributed by atoms with Gasteiger partial charge in [-0.05, 0) is 31.2 Å². The summed E-state index contributed by atoms with van der Waals surface area (Å²) in [5.74, 6) is 0.446. The molecule has 0 aliphatic carbocycles. The van der Waals surface area contributed by atoms with Crippen LogP contribution >= 0.6 is 0 Å². The Balaban J connectivity index is 1.56. The summed E-state index contributed by atoms with van der Waals surface area (Å²) in [4.78, 5) is 32.6. The summed E-state index contributed by atoms with van der Waals surface area (Å²) < 4.78 is 3.03. The lowest BCUT2D eigenvalue weighted by Gasteiger charge is -2.11. The quantitative estimate of drug-likeness (QED) is 0.592. The second kappa shape index (κ2) is 6.18. The minimum atomic E-state index is -0.291. The number of rotatable bonds is 4. The van der Waals surface area contributed by atoms with Gasteiger partial charge in [-0.25, -0.2) is 9.78 Å². The largest absolute Gasteiger partial charge is 0.345 e. The fourth-order valence-electron chi connectivity index (χ4n) is 3.19. The van der Waals surface area contributed by atoms with E-state index < -0.39 is 0 Å². The lowest BCUT2D eigenvalue weighted by Crippen LogP contribution is -2.34. The average molecular weight is 349 g/mol. The molecule has 7 nitrogen and oxygen atoms in total. The third kappa shape index (κ3) is 2.67. The van der Waals surface area contributed by atoms with Crippen molar-refractivity contribution in [1.82, 2.24) is 24.4 Å². The molecule has 1 amide bonds. The van der Waals surface area contributed by atoms with E-state index >= 15 is 0 Å². The van der Waals surface area contributed by atoms with Crippen molar-refractivity contribution in [2.75, 3.05) is 0 Å². The van der Waals surface area contributed by atoms with E-state index in [1.807, 2.05) is 55.5 Å². The second-order valence-electron chi connectivity index (χ2n) is 6.34. The number of fused-ring (bicyclic) bond motifs is 2. The Morgan fingerprint density at radius 3 is 2.62 bits per heavy atom. The molecule has 7 heteroatoms. The fourth-order valence-corrected chi connectivity index (χ4v) is 3.19. The Hall–Kier alpha value is -3.35. The van der Waals surface area contributed by atoms with E-state index in [9.17, 15) is 9.59 Å². The summed E-state index contributed by atoms with van der Waals surface area (Å²) in [6.45, 7) is 1.83. The van der Waals surface area contributed by atoms with Crippen LogP contribution in [-0.2, 0) is 18.4 Å². The van der Waals surface area contributed by atoms with Crippen molar-refractivity contribution < 1.29 is 4.79 Å². The van der Waals surface area contributed by atoms with Gasteiger partial charge >= 0.3 is 5.69 Å². The molecule has 4 rings (SSSR count). The van der Waals surface area contributed by atoms with Crippen molar-refractivity contribution in [3.63, 3.8) is 0 Å². The molecule has 2 aromatic heterocycles. The molecule has 1 atom stereocenters. The van der Waals surface area contributed by atoms with E-state index in [2.05, 4.69) is 15.3 Å². The van der Waals surface area contributed by atoms with Crippen LogP contribution in [0.5, 0.6) is 0 Å². The number of carbonyl (C=O) groups is 1. The summed E-state index contributed by atoms with van der Waals surface area (Å²) in [6, 6.07) is 14.8. The van der Waals surface area contributed by atoms with Crippen LogP contribution in [0.3, 0.4) is 0 Å². The topological polar surface area (TPSA) is 84.7 Å². The van der Waals surface area contributed by atoms with E-state index in [1.165, 1.54) is 4.57 Å². The third-order valence-electron chi connectivity index (χ3n) is 4.55. The molecule has 4 aromatic rings. The zero-order chi connectivity index (χ0) is 18.3. The van der Waals surface area contributed by atoms with Crippen molar-refractivity contribution in [2.24, 2.45) is 7.05 Å². The highest BCUT2D eigenvalue weighted by atomic mass is 16.2. The Bertz CT molecular complexity index is 1130. The monoisotopic (exact) mass is 349 g/mol. The van der Waals surface area contributed by atoms with Crippen molar-refractivity contribution >= 4 is 28.0 Å². The minimum absolute atomic E-state index is 0.0369. The number of hydrogen-bond donors (Lipinski definition) is 2. The first-order chi connectivity index (χ1) is 12.5. The van der Waals surface area contributed by atoms with Gasteiger partial charge in [0.1, 0.15) is 12.4 Å². The van der Waals surface area contributed by atoms with Gasteiger partial charge in [0.05, 0.1) is 28.1 Å². The number of aryl methyl sites for hydroxylation is 1. The van der Waals surface area contributed by atoms with E-state index in [0.717, 1.165) is 22.1 Å². The van der Waals surface area contributed by atoms with Crippen LogP contribution in [0.4, 0.5) is 0 Å². The third-order valence-corrected chi connectivity index (χ3v) is 4.55. The minimum Gasteiger partial charge on any atom is -0.345 e. The summed E-state index contributed by atoms with van der Waals surface area (Å²) in [7, 11) is 1.70. The van der Waals surface area contributed by atoms with Gasteiger partial charge in [0, 0.05) is 7.05 Å². The van der Waals surface area contributed by atoms with Crippen LogP contribution in [-0.4, -0.2) is 25.0 Å². The second-order valence-corrected chi connectivity index (χ2v) is 6.34. The maximum absolute atomic E-state index is 12.5. The van der Waals surface area contributed by atoms with E-state index in [0.29, 0.717) is 5.82 Å². The number of carbonyl (C=O) groups excluding carboxylic acids is 1. The molecule has 0 saturated carbocycles. The summed E-state index contributed by atoms with van der Waals surface area (Å²) in [6.07, 6.45) is 0. The van der Waals surface area contributed by atoms with E-state index in [4.69, 9.17) is 0 Å². The molecule has 0 bridgehead atoms. The predicted molar refractivity (Wildman–Crippen MR) is 99.8 cm³/mol. The number of aromatic amines is 1. The van der Waals surface area contributed by atoms with Crippen LogP contribution in [0.1, 0.15) is 18.8 Å². The van der Waals surface area contributed by atoms with Crippen LogP contribution in [0.25, 0.3) is 22.1 Å². The van der Waals surface area contributed by atoms with Gasteiger partial charge < -0.3 is 10.3 Å². The molecular weight excluding hydrogens is 330 g/mol. The molecule has 0 radical (unpaired) electrons. The number of para-hydroxylation sites is 4. The number of aromatic nitrogens is 4. The SMILES string of the molecule is CC(NC(=O)Cn1c(=O)n(C)c2ccccc21)c1nc2ccccc2[nH]1. The summed E-state index contributed by atoms with van der Waals surface area (Å²) in [5.41, 5.74) is 3.11. The summed E-state index contributed by atoms with van der Waals surface area (Å²) >= 11 is 0. The smallest absolute Gasteiger partial charge is 0.329 e. The van der Waals surface area contributed by atoms with Gasteiger partial charge in [-0.1, -0.05) is 24.3 Å². The Kier molecular flexibility index (Phi) is 3.84. The molecule has 1 unspecified atom stereocenters. The normalized spacial score (nSPS) is 12.5. The summed E-state index contributed by atoms with van der Waals surface area (Å²) in [5, 5.41) is 2.91. The van der Waals surface area contributed by atoms with Gasteiger partial charge in [-0.3, -0.25) is 13.9 Å². The number of benzene rings is 2. The number of hydrogen-bond acceptors (Lipinski definition) is 3. The maximum atomic E-state index is 12.5. The molecule has 0 aliphatic heterocycles. The van der Waals surface area contributed by atoms with Gasteiger partial charge in [0.2, 0.25) is 5.91 Å². The van der Waals surface area contributed by atoms with Crippen molar-refractivity contribution in [3.05, 3.63) is 64.8 Å².